The van der Waals surface area contributed by atoms with Gasteiger partial charge in [0.25, 0.3) is 15.9 Å². The van der Waals surface area contributed by atoms with Crippen molar-refractivity contribution in [3.63, 3.8) is 0 Å². The summed E-state index contributed by atoms with van der Waals surface area (Å²) in [4.78, 5) is 12.2. The molecule has 0 fully saturated rings. The predicted molar refractivity (Wildman–Crippen MR) is 138 cm³/mol. The molecule has 10 nitrogen and oxygen atoms in total. The highest BCUT2D eigenvalue weighted by Crippen LogP contribution is 2.41. The van der Waals surface area contributed by atoms with Crippen molar-refractivity contribution in [2.45, 2.75) is 83.7 Å². The van der Waals surface area contributed by atoms with Gasteiger partial charge in [-0.25, -0.2) is 8.42 Å². The average Bonchev–Trinajstić information content (AvgIpc) is 3.26. The van der Waals surface area contributed by atoms with Crippen LogP contribution in [0.3, 0.4) is 0 Å². The maximum absolute atomic E-state index is 14.0. The Balaban J connectivity index is 2.05. The minimum absolute atomic E-state index is 0.0816. The van der Waals surface area contributed by atoms with Crippen LogP contribution in [0.5, 0.6) is 11.6 Å². The number of anilines is 1. The van der Waals surface area contributed by atoms with Crippen molar-refractivity contribution in [3.8, 4) is 17.7 Å². The van der Waals surface area contributed by atoms with Crippen LogP contribution in [0.25, 0.3) is 0 Å². The molecule has 0 saturated carbocycles. The van der Waals surface area contributed by atoms with E-state index in [2.05, 4.69) is 15.9 Å². The molecule has 0 radical (unpaired) electrons. The number of benzene rings is 1. The van der Waals surface area contributed by atoms with E-state index in [4.69, 9.17) is 9.47 Å². The van der Waals surface area contributed by atoms with Crippen LogP contribution in [0.15, 0.2) is 29.3 Å². The first-order chi connectivity index (χ1) is 18.4. The van der Waals surface area contributed by atoms with E-state index in [0.29, 0.717) is 6.54 Å². The largest absolute Gasteiger partial charge is 0.486 e. The lowest BCUT2D eigenvalue weighted by molar-refractivity contribution is -0.257. The minimum atomic E-state index is -4.77. The van der Waals surface area contributed by atoms with Gasteiger partial charge in [-0.3, -0.25) is 13.8 Å². The van der Waals surface area contributed by atoms with Gasteiger partial charge in [-0.1, -0.05) is 6.07 Å². The average molecular weight is 587 g/mol. The Bertz CT molecular complexity index is 1400. The van der Waals surface area contributed by atoms with Gasteiger partial charge in [0, 0.05) is 19.2 Å². The Morgan fingerprint density at radius 3 is 2.48 bits per heavy atom. The van der Waals surface area contributed by atoms with Gasteiger partial charge in [-0.2, -0.15) is 18.4 Å². The molecular formula is C26H33F3N4O6S. The summed E-state index contributed by atoms with van der Waals surface area (Å²) in [6.45, 7) is 8.77. The molecule has 40 heavy (non-hydrogen) atoms. The van der Waals surface area contributed by atoms with E-state index in [9.17, 15) is 31.6 Å². The van der Waals surface area contributed by atoms with Crippen LogP contribution in [0, 0.1) is 16.7 Å². The van der Waals surface area contributed by atoms with Crippen LogP contribution >= 0.6 is 0 Å². The molecule has 0 aliphatic carbocycles. The third kappa shape index (κ3) is 6.63. The highest BCUT2D eigenvalue weighted by atomic mass is 32.2. The van der Waals surface area contributed by atoms with Crippen molar-refractivity contribution in [2.24, 2.45) is 5.41 Å². The van der Waals surface area contributed by atoms with E-state index in [-0.39, 0.29) is 47.3 Å². The van der Waals surface area contributed by atoms with Crippen molar-refractivity contribution in [1.82, 2.24) is 9.78 Å². The molecular weight excluding hydrogens is 553 g/mol. The third-order valence-corrected chi connectivity index (χ3v) is 8.03. The number of nitrogens with zero attached hydrogens (tertiary/aromatic N) is 4. The Hall–Kier alpha value is -3.47. The number of carbonyl (C=O) groups excluding carboxylic acids is 1. The zero-order valence-electron chi connectivity index (χ0n) is 23.2. The number of sulfonamides is 1. The fourth-order valence-electron chi connectivity index (χ4n) is 4.04. The second-order valence-electron chi connectivity index (χ2n) is 10.5. The van der Waals surface area contributed by atoms with Gasteiger partial charge in [0.1, 0.15) is 11.9 Å². The number of fused-ring (bicyclic) bond motifs is 1. The number of aryl methyl sites for hydroxylation is 1. The summed E-state index contributed by atoms with van der Waals surface area (Å²) in [6, 6.07) is 6.44. The summed E-state index contributed by atoms with van der Waals surface area (Å²) in [5, 5.41) is 13.7. The van der Waals surface area contributed by atoms with E-state index in [1.165, 1.54) is 29.1 Å². The predicted octanol–water partition coefficient (Wildman–Crippen LogP) is 4.62. The first-order valence-electron chi connectivity index (χ1n) is 12.7. The van der Waals surface area contributed by atoms with Gasteiger partial charge >= 0.3 is 12.1 Å². The fourth-order valence-corrected chi connectivity index (χ4v) is 5.62. The minimum Gasteiger partial charge on any atom is -0.486 e. The normalized spacial score (nSPS) is 16.1. The Kier molecular flexibility index (Phi) is 8.69. The zero-order chi connectivity index (χ0) is 30.1. The van der Waals surface area contributed by atoms with Crippen LogP contribution in [-0.2, 0) is 32.5 Å². The molecule has 1 aliphatic rings. The van der Waals surface area contributed by atoms with Gasteiger partial charge in [-0.05, 0) is 59.2 Å². The number of ether oxygens (including phenoxy) is 3. The smallest absolute Gasteiger partial charge is 0.427 e. The van der Waals surface area contributed by atoms with Crippen LogP contribution < -0.4 is 13.8 Å². The van der Waals surface area contributed by atoms with E-state index < -0.39 is 45.7 Å². The number of hydrogen-bond acceptors (Lipinski definition) is 8. The summed E-state index contributed by atoms with van der Waals surface area (Å²) < 4.78 is 86.4. The maximum Gasteiger partial charge on any atom is 0.427 e. The van der Waals surface area contributed by atoms with Crippen molar-refractivity contribution in [2.75, 3.05) is 17.5 Å². The Morgan fingerprint density at radius 1 is 1.23 bits per heavy atom. The van der Waals surface area contributed by atoms with E-state index in [1.807, 2.05) is 0 Å². The molecule has 2 aromatic rings. The highest BCUT2D eigenvalue weighted by Gasteiger charge is 2.50. The number of rotatable bonds is 10. The van der Waals surface area contributed by atoms with Gasteiger partial charge in [0.2, 0.25) is 5.60 Å². The van der Waals surface area contributed by atoms with Crippen molar-refractivity contribution >= 4 is 21.7 Å². The molecule has 0 bridgehead atoms. The molecule has 3 rings (SSSR count). The molecule has 0 amide bonds. The summed E-state index contributed by atoms with van der Waals surface area (Å²) in [5.41, 5.74) is -3.23. The SMILES string of the molecule is CCOc1nn(CC)cc1S(=O)(=O)N1C[C@@H](CC(C)(C)C#N)Oc2ccc(CC(=O)OC(C)(C)C(F)(F)F)cc21. The Morgan fingerprint density at radius 2 is 1.90 bits per heavy atom. The van der Waals surface area contributed by atoms with Crippen LogP contribution in [0.2, 0.25) is 0 Å². The lowest BCUT2D eigenvalue weighted by atomic mass is 9.88. The zero-order valence-corrected chi connectivity index (χ0v) is 24.0. The first kappa shape index (κ1) is 31.1. The van der Waals surface area contributed by atoms with E-state index >= 15 is 0 Å². The summed E-state index contributed by atoms with van der Waals surface area (Å²) in [7, 11) is -4.31. The highest BCUT2D eigenvalue weighted by molar-refractivity contribution is 7.93. The van der Waals surface area contributed by atoms with Crippen LogP contribution in [0.4, 0.5) is 18.9 Å². The monoisotopic (exact) mass is 586 g/mol. The lowest BCUT2D eigenvalue weighted by Gasteiger charge is -2.37. The van der Waals surface area contributed by atoms with Gasteiger partial charge in [0.05, 0.1) is 36.7 Å². The first-order valence-corrected chi connectivity index (χ1v) is 14.1. The standard InChI is InChI=1S/C26H33F3N4O6S/c1-7-32-15-21(23(31-32)37-8-2)40(35,36)33-14-18(13-24(3,4)16-30)38-20-10-9-17(11-19(20)33)12-22(34)39-25(5,6)26(27,28)29/h9-11,15,18H,7-8,12-14H2,1-6H3/t18-/m1/s1. The molecule has 0 saturated heterocycles. The quantitative estimate of drug-likeness (QED) is 0.370. The lowest BCUT2D eigenvalue weighted by Crippen LogP contribution is -2.45. The molecule has 1 atom stereocenters. The summed E-state index contributed by atoms with van der Waals surface area (Å²) in [6.07, 6.45) is -4.45. The van der Waals surface area contributed by atoms with Gasteiger partial charge in [0.15, 0.2) is 4.90 Å². The Labute approximate surface area is 231 Å². The van der Waals surface area contributed by atoms with E-state index in [0.717, 1.165) is 18.2 Å². The second-order valence-corrected chi connectivity index (χ2v) is 12.4. The molecule has 0 spiro atoms. The third-order valence-electron chi connectivity index (χ3n) is 6.27. The van der Waals surface area contributed by atoms with Crippen LogP contribution in [0.1, 0.15) is 53.5 Å². The molecule has 14 heteroatoms. The van der Waals surface area contributed by atoms with Crippen molar-refractivity contribution < 1.29 is 40.6 Å². The van der Waals surface area contributed by atoms with Gasteiger partial charge < -0.3 is 14.2 Å². The number of aromatic nitrogens is 2. The summed E-state index contributed by atoms with van der Waals surface area (Å²) >= 11 is 0. The number of alkyl halides is 3. The van der Waals surface area contributed by atoms with Crippen molar-refractivity contribution in [3.05, 3.63) is 30.0 Å². The number of halogens is 3. The number of esters is 1. The number of hydrogen-bond donors (Lipinski definition) is 0. The molecule has 0 N–H and O–H groups in total. The molecule has 1 aliphatic heterocycles. The topological polar surface area (TPSA) is 124 Å². The molecule has 220 valence electrons. The van der Waals surface area contributed by atoms with Crippen molar-refractivity contribution in [1.29, 1.82) is 5.26 Å². The second kappa shape index (κ2) is 11.2. The number of carbonyl (C=O) groups is 1. The summed E-state index contributed by atoms with van der Waals surface area (Å²) in [5.74, 6) is -1.05. The van der Waals surface area contributed by atoms with Gasteiger partial charge in [-0.15, -0.1) is 5.10 Å². The molecule has 1 aromatic carbocycles. The molecule has 1 aromatic heterocycles. The fraction of sp³-hybridized carbons (Fsp3) is 0.577. The van der Waals surface area contributed by atoms with Crippen LogP contribution in [-0.4, -0.2) is 55.2 Å². The maximum atomic E-state index is 14.0. The number of nitriles is 1. The molecule has 0 unspecified atom stereocenters. The molecule has 2 heterocycles. The van der Waals surface area contributed by atoms with E-state index in [1.54, 1.807) is 27.7 Å².